The summed E-state index contributed by atoms with van der Waals surface area (Å²) in [7, 11) is 0. The molecular weight excluding hydrogens is 224 g/mol. The number of rotatable bonds is 5. The third kappa shape index (κ3) is 2.86. The van der Waals surface area contributed by atoms with Crippen LogP contribution in [0.4, 0.5) is 0 Å². The van der Waals surface area contributed by atoms with Crippen LogP contribution in [0.2, 0.25) is 0 Å². The normalized spacial score (nSPS) is 13.1. The number of fused-ring (bicyclic) bond motifs is 1. The Morgan fingerprint density at radius 1 is 1.28 bits per heavy atom. The van der Waals surface area contributed by atoms with Crippen molar-refractivity contribution >= 4 is 10.8 Å². The number of benzene rings is 1. The Bertz CT molecular complexity index is 505. The number of aliphatic hydroxyl groups is 1. The fourth-order valence-electron chi connectivity index (χ4n) is 2.10. The van der Waals surface area contributed by atoms with Gasteiger partial charge in [0.2, 0.25) is 0 Å². The highest BCUT2D eigenvalue weighted by Crippen LogP contribution is 2.17. The van der Waals surface area contributed by atoms with Gasteiger partial charge in [-0.05, 0) is 22.9 Å². The first-order valence-electron chi connectivity index (χ1n) is 6.38. The maximum Gasteiger partial charge on any atom is 0.0587 e. The van der Waals surface area contributed by atoms with Crippen molar-refractivity contribution in [1.82, 2.24) is 10.3 Å². The molecule has 3 nitrogen and oxygen atoms in total. The third-order valence-electron chi connectivity index (χ3n) is 3.33. The van der Waals surface area contributed by atoms with Crippen molar-refractivity contribution in [2.24, 2.45) is 5.92 Å². The van der Waals surface area contributed by atoms with Gasteiger partial charge in [0.1, 0.15) is 0 Å². The number of aromatic nitrogens is 1. The van der Waals surface area contributed by atoms with E-state index in [1.54, 1.807) is 0 Å². The molecule has 1 aromatic heterocycles. The minimum atomic E-state index is 0.141. The standard InChI is InChI=1S/C15H20N2O/c1-11(2)15(10-18)17-9-13-5-3-4-12-8-16-7-6-14(12)13/h3-8,11,15,17-18H,9-10H2,1-2H3. The molecule has 2 N–H and O–H groups in total. The van der Waals surface area contributed by atoms with Crippen LogP contribution in [-0.4, -0.2) is 22.7 Å². The van der Waals surface area contributed by atoms with Crippen molar-refractivity contribution in [2.45, 2.75) is 26.4 Å². The average molecular weight is 244 g/mol. The van der Waals surface area contributed by atoms with Crippen molar-refractivity contribution in [3.63, 3.8) is 0 Å². The minimum Gasteiger partial charge on any atom is -0.395 e. The molecule has 1 aromatic carbocycles. The lowest BCUT2D eigenvalue weighted by atomic mass is 10.0. The summed E-state index contributed by atoms with van der Waals surface area (Å²) >= 11 is 0. The first-order valence-corrected chi connectivity index (χ1v) is 6.38. The summed E-state index contributed by atoms with van der Waals surface area (Å²) in [5, 5.41) is 15.1. The Morgan fingerprint density at radius 2 is 2.11 bits per heavy atom. The van der Waals surface area contributed by atoms with Gasteiger partial charge in [-0.15, -0.1) is 0 Å². The van der Waals surface area contributed by atoms with Crippen LogP contribution in [0.3, 0.4) is 0 Å². The molecule has 2 aromatic rings. The van der Waals surface area contributed by atoms with E-state index in [2.05, 4.69) is 36.3 Å². The Morgan fingerprint density at radius 3 is 2.83 bits per heavy atom. The van der Waals surface area contributed by atoms with E-state index in [0.717, 1.165) is 11.9 Å². The summed E-state index contributed by atoms with van der Waals surface area (Å²) in [4.78, 5) is 4.13. The molecule has 0 amide bonds. The van der Waals surface area contributed by atoms with Crippen molar-refractivity contribution in [3.8, 4) is 0 Å². The van der Waals surface area contributed by atoms with Gasteiger partial charge < -0.3 is 10.4 Å². The maximum atomic E-state index is 9.32. The molecule has 1 atom stereocenters. The van der Waals surface area contributed by atoms with E-state index in [1.165, 1.54) is 10.9 Å². The summed E-state index contributed by atoms with van der Waals surface area (Å²) in [6.07, 6.45) is 3.70. The van der Waals surface area contributed by atoms with Crippen molar-refractivity contribution in [1.29, 1.82) is 0 Å². The van der Waals surface area contributed by atoms with Crippen LogP contribution >= 0.6 is 0 Å². The van der Waals surface area contributed by atoms with Gasteiger partial charge in [0, 0.05) is 30.4 Å². The van der Waals surface area contributed by atoms with Crippen molar-refractivity contribution in [3.05, 3.63) is 42.2 Å². The quantitative estimate of drug-likeness (QED) is 0.848. The van der Waals surface area contributed by atoms with E-state index in [9.17, 15) is 5.11 Å². The van der Waals surface area contributed by atoms with Gasteiger partial charge in [-0.3, -0.25) is 4.98 Å². The topological polar surface area (TPSA) is 45.1 Å². The van der Waals surface area contributed by atoms with Crippen LogP contribution in [0.25, 0.3) is 10.8 Å². The lowest BCUT2D eigenvalue weighted by molar-refractivity contribution is 0.210. The second-order valence-corrected chi connectivity index (χ2v) is 4.93. The molecule has 0 fully saturated rings. The van der Waals surface area contributed by atoms with E-state index < -0.39 is 0 Å². The largest absolute Gasteiger partial charge is 0.395 e. The number of hydrogen-bond acceptors (Lipinski definition) is 3. The summed E-state index contributed by atoms with van der Waals surface area (Å²) in [5.41, 5.74) is 1.24. The zero-order chi connectivity index (χ0) is 13.0. The second-order valence-electron chi connectivity index (χ2n) is 4.93. The molecule has 1 unspecified atom stereocenters. The Kier molecular flexibility index (Phi) is 4.28. The summed E-state index contributed by atoms with van der Waals surface area (Å²) in [5.74, 6) is 0.423. The Hall–Kier alpha value is -1.45. The molecule has 0 bridgehead atoms. The van der Waals surface area contributed by atoms with Gasteiger partial charge in [-0.2, -0.15) is 0 Å². The predicted octanol–water partition coefficient (Wildman–Crippen LogP) is 2.34. The lowest BCUT2D eigenvalue weighted by Crippen LogP contribution is -2.36. The van der Waals surface area contributed by atoms with E-state index in [0.29, 0.717) is 5.92 Å². The molecule has 18 heavy (non-hydrogen) atoms. The predicted molar refractivity (Wildman–Crippen MR) is 74.3 cm³/mol. The highest BCUT2D eigenvalue weighted by atomic mass is 16.3. The van der Waals surface area contributed by atoms with Gasteiger partial charge >= 0.3 is 0 Å². The number of hydrogen-bond donors (Lipinski definition) is 2. The first-order chi connectivity index (χ1) is 8.72. The molecule has 0 aliphatic carbocycles. The molecule has 3 heteroatoms. The van der Waals surface area contributed by atoms with Crippen LogP contribution < -0.4 is 5.32 Å². The highest BCUT2D eigenvalue weighted by Gasteiger charge is 2.11. The number of nitrogens with zero attached hydrogens (tertiary/aromatic N) is 1. The van der Waals surface area contributed by atoms with Crippen LogP contribution in [0.15, 0.2) is 36.7 Å². The molecule has 0 saturated carbocycles. The highest BCUT2D eigenvalue weighted by molar-refractivity contribution is 5.84. The van der Waals surface area contributed by atoms with Gasteiger partial charge in [0.05, 0.1) is 6.61 Å². The monoisotopic (exact) mass is 244 g/mol. The lowest BCUT2D eigenvalue weighted by Gasteiger charge is -2.20. The zero-order valence-corrected chi connectivity index (χ0v) is 10.9. The average Bonchev–Trinajstić information content (AvgIpc) is 2.39. The van der Waals surface area contributed by atoms with Crippen LogP contribution in [0.5, 0.6) is 0 Å². The van der Waals surface area contributed by atoms with E-state index in [-0.39, 0.29) is 12.6 Å². The summed E-state index contributed by atoms with van der Waals surface area (Å²) < 4.78 is 0. The third-order valence-corrected chi connectivity index (χ3v) is 3.33. The van der Waals surface area contributed by atoms with Gasteiger partial charge in [0.25, 0.3) is 0 Å². The molecule has 0 aliphatic rings. The van der Waals surface area contributed by atoms with Crippen LogP contribution in [0.1, 0.15) is 19.4 Å². The SMILES string of the molecule is CC(C)C(CO)NCc1cccc2cnccc12. The van der Waals surface area contributed by atoms with E-state index in [4.69, 9.17) is 0 Å². The molecule has 0 saturated heterocycles. The van der Waals surface area contributed by atoms with Crippen molar-refractivity contribution < 1.29 is 5.11 Å². The number of aliphatic hydroxyl groups excluding tert-OH is 1. The smallest absolute Gasteiger partial charge is 0.0587 e. The van der Waals surface area contributed by atoms with Gasteiger partial charge in [-0.1, -0.05) is 32.0 Å². The molecule has 0 radical (unpaired) electrons. The van der Waals surface area contributed by atoms with E-state index >= 15 is 0 Å². The molecular formula is C15H20N2O. The fraction of sp³-hybridized carbons (Fsp3) is 0.400. The second kappa shape index (κ2) is 5.94. The van der Waals surface area contributed by atoms with Crippen molar-refractivity contribution in [2.75, 3.05) is 6.61 Å². The maximum absolute atomic E-state index is 9.32. The van der Waals surface area contributed by atoms with Gasteiger partial charge in [-0.25, -0.2) is 0 Å². The minimum absolute atomic E-state index is 0.141. The van der Waals surface area contributed by atoms with E-state index in [1.807, 2.05) is 24.5 Å². The summed E-state index contributed by atoms with van der Waals surface area (Å²) in [6.45, 7) is 5.16. The summed E-state index contributed by atoms with van der Waals surface area (Å²) in [6, 6.07) is 8.41. The number of pyridine rings is 1. The Labute approximate surface area is 108 Å². The molecule has 96 valence electrons. The molecule has 1 heterocycles. The van der Waals surface area contributed by atoms with Crippen LogP contribution in [0, 0.1) is 5.92 Å². The zero-order valence-electron chi connectivity index (χ0n) is 10.9. The van der Waals surface area contributed by atoms with Crippen LogP contribution in [-0.2, 0) is 6.54 Å². The van der Waals surface area contributed by atoms with Gasteiger partial charge in [0.15, 0.2) is 0 Å². The fourth-order valence-corrected chi connectivity index (χ4v) is 2.10. The molecule has 2 rings (SSSR count). The first kappa shape index (κ1) is 13.0. The number of nitrogens with one attached hydrogen (secondary N) is 1. The Balaban J connectivity index is 2.17. The molecule has 0 aliphatic heterocycles. The molecule has 0 spiro atoms.